The Morgan fingerprint density at radius 1 is 1.10 bits per heavy atom. The summed E-state index contributed by atoms with van der Waals surface area (Å²) in [6, 6.07) is 16.6. The van der Waals surface area contributed by atoms with Gasteiger partial charge in [-0.1, -0.05) is 19.1 Å². The van der Waals surface area contributed by atoms with Gasteiger partial charge in [-0.05, 0) is 54.4 Å². The smallest absolute Gasteiger partial charge is 0.251 e. The van der Waals surface area contributed by atoms with Crippen molar-refractivity contribution >= 4 is 22.7 Å². The molecule has 0 spiro atoms. The van der Waals surface area contributed by atoms with Crippen molar-refractivity contribution in [2.75, 3.05) is 0 Å². The van der Waals surface area contributed by atoms with Gasteiger partial charge in [-0.25, -0.2) is 0 Å². The Balaban J connectivity index is 1.38. The number of aromatic amines is 1. The van der Waals surface area contributed by atoms with Crippen molar-refractivity contribution in [3.8, 4) is 5.69 Å². The quantitative estimate of drug-likeness (QED) is 0.444. The topological polar surface area (TPSA) is 91.8 Å². The number of H-pyrrole nitrogens is 1. The molecule has 30 heavy (non-hydrogen) atoms. The summed E-state index contributed by atoms with van der Waals surface area (Å²) in [6.45, 7) is 2.26. The fraction of sp³-hybridized carbons (Fsp3) is 0.174. The molecule has 4 aromatic rings. The van der Waals surface area contributed by atoms with Gasteiger partial charge in [0.1, 0.15) is 6.04 Å². The van der Waals surface area contributed by atoms with E-state index in [4.69, 9.17) is 0 Å². The van der Waals surface area contributed by atoms with Gasteiger partial charge in [0, 0.05) is 35.6 Å². The van der Waals surface area contributed by atoms with Crippen molar-refractivity contribution in [3.63, 3.8) is 0 Å². The molecule has 0 saturated heterocycles. The van der Waals surface area contributed by atoms with E-state index in [0.717, 1.165) is 22.2 Å². The molecule has 0 aliphatic carbocycles. The number of fused-ring (bicyclic) bond motifs is 1. The SMILES string of the molecule is CC[C@@H](NC(=O)c1ccc2[nH]ncc2c1)C(=O)NCc1cccc(-n2cccc2)c1. The van der Waals surface area contributed by atoms with E-state index in [1.807, 2.05) is 60.3 Å². The number of rotatable bonds is 7. The monoisotopic (exact) mass is 401 g/mol. The second kappa shape index (κ2) is 8.65. The van der Waals surface area contributed by atoms with E-state index in [9.17, 15) is 9.59 Å². The molecule has 0 bridgehead atoms. The minimum atomic E-state index is -0.606. The third-order valence-corrected chi connectivity index (χ3v) is 5.01. The van der Waals surface area contributed by atoms with E-state index >= 15 is 0 Å². The minimum absolute atomic E-state index is 0.207. The van der Waals surface area contributed by atoms with E-state index in [1.165, 1.54) is 0 Å². The minimum Gasteiger partial charge on any atom is -0.350 e. The van der Waals surface area contributed by atoms with Crippen LogP contribution in [0.3, 0.4) is 0 Å². The van der Waals surface area contributed by atoms with Crippen LogP contribution in [0.25, 0.3) is 16.6 Å². The first-order valence-corrected chi connectivity index (χ1v) is 9.88. The summed E-state index contributed by atoms with van der Waals surface area (Å²) >= 11 is 0. The molecular weight excluding hydrogens is 378 g/mol. The molecule has 0 unspecified atom stereocenters. The number of hydrogen-bond donors (Lipinski definition) is 3. The lowest BCUT2D eigenvalue weighted by Gasteiger charge is -2.17. The van der Waals surface area contributed by atoms with Gasteiger partial charge in [0.25, 0.3) is 5.91 Å². The second-order valence-corrected chi connectivity index (χ2v) is 7.08. The summed E-state index contributed by atoms with van der Waals surface area (Å²) in [7, 11) is 0. The van der Waals surface area contributed by atoms with Gasteiger partial charge in [0.2, 0.25) is 5.91 Å². The summed E-state index contributed by atoms with van der Waals surface area (Å²) in [5, 5.41) is 13.4. The zero-order chi connectivity index (χ0) is 20.9. The maximum Gasteiger partial charge on any atom is 0.251 e. The molecule has 1 atom stereocenters. The molecule has 0 radical (unpaired) electrons. The number of amides is 2. The zero-order valence-corrected chi connectivity index (χ0v) is 16.6. The average Bonchev–Trinajstić information content (AvgIpc) is 3.47. The van der Waals surface area contributed by atoms with Crippen molar-refractivity contribution in [3.05, 3.63) is 84.3 Å². The average molecular weight is 401 g/mol. The molecule has 152 valence electrons. The van der Waals surface area contributed by atoms with E-state index in [-0.39, 0.29) is 11.8 Å². The Morgan fingerprint density at radius 3 is 2.73 bits per heavy atom. The number of carbonyl (C=O) groups excluding carboxylic acids is 2. The van der Waals surface area contributed by atoms with E-state index in [2.05, 4.69) is 20.8 Å². The molecule has 0 saturated carbocycles. The standard InChI is InChI=1S/C23H23N5O2/c1-2-20(26-22(29)17-8-9-21-18(13-17)15-25-27-21)23(30)24-14-16-6-5-7-19(12-16)28-10-3-4-11-28/h3-13,15,20H,2,14H2,1H3,(H,24,30)(H,25,27)(H,26,29)/t20-/m1/s1. The summed E-state index contributed by atoms with van der Waals surface area (Å²) < 4.78 is 2.01. The molecule has 2 aromatic heterocycles. The highest BCUT2D eigenvalue weighted by Crippen LogP contribution is 2.13. The Morgan fingerprint density at radius 2 is 1.93 bits per heavy atom. The molecule has 0 aliphatic heterocycles. The fourth-order valence-corrected chi connectivity index (χ4v) is 3.32. The lowest BCUT2D eigenvalue weighted by molar-refractivity contribution is -0.123. The summed E-state index contributed by atoms with van der Waals surface area (Å²) in [6.07, 6.45) is 6.11. The van der Waals surface area contributed by atoms with E-state index < -0.39 is 6.04 Å². The number of hydrogen-bond acceptors (Lipinski definition) is 3. The van der Waals surface area contributed by atoms with Crippen molar-refractivity contribution in [2.45, 2.75) is 25.9 Å². The van der Waals surface area contributed by atoms with Gasteiger partial charge in [0.05, 0.1) is 11.7 Å². The number of carbonyl (C=O) groups is 2. The number of nitrogens with one attached hydrogen (secondary N) is 3. The van der Waals surface area contributed by atoms with Crippen LogP contribution in [0.2, 0.25) is 0 Å². The summed E-state index contributed by atoms with van der Waals surface area (Å²) in [5.74, 6) is -0.490. The summed E-state index contributed by atoms with van der Waals surface area (Å²) in [5.41, 5.74) is 3.37. The predicted octanol–water partition coefficient (Wildman–Crippen LogP) is 3.18. The third kappa shape index (κ3) is 4.25. The molecular formula is C23H23N5O2. The number of aromatic nitrogens is 3. The van der Waals surface area contributed by atoms with Crippen LogP contribution in [0.1, 0.15) is 29.3 Å². The van der Waals surface area contributed by atoms with Crippen LogP contribution in [0.5, 0.6) is 0 Å². The van der Waals surface area contributed by atoms with Gasteiger partial charge in [0.15, 0.2) is 0 Å². The molecule has 2 aromatic carbocycles. The number of benzene rings is 2. The Labute approximate surface area is 174 Å². The Hall–Kier alpha value is -3.87. The van der Waals surface area contributed by atoms with E-state index in [1.54, 1.807) is 24.4 Å². The van der Waals surface area contributed by atoms with Gasteiger partial charge < -0.3 is 15.2 Å². The van der Waals surface area contributed by atoms with Crippen molar-refractivity contribution in [2.24, 2.45) is 0 Å². The first-order valence-electron chi connectivity index (χ1n) is 9.88. The lowest BCUT2D eigenvalue weighted by atomic mass is 10.1. The Bertz CT molecular complexity index is 1160. The van der Waals surface area contributed by atoms with Crippen molar-refractivity contribution < 1.29 is 9.59 Å². The summed E-state index contributed by atoms with van der Waals surface area (Å²) in [4.78, 5) is 25.3. The van der Waals surface area contributed by atoms with Crippen LogP contribution in [-0.2, 0) is 11.3 Å². The molecule has 4 rings (SSSR count). The lowest BCUT2D eigenvalue weighted by Crippen LogP contribution is -2.46. The van der Waals surface area contributed by atoms with Gasteiger partial charge in [-0.3, -0.25) is 14.7 Å². The maximum absolute atomic E-state index is 12.7. The number of nitrogens with zero attached hydrogens (tertiary/aromatic N) is 2. The normalized spacial score (nSPS) is 11.9. The highest BCUT2D eigenvalue weighted by atomic mass is 16.2. The van der Waals surface area contributed by atoms with Crippen molar-refractivity contribution in [1.82, 2.24) is 25.4 Å². The molecule has 0 aliphatic rings. The van der Waals surface area contributed by atoms with Gasteiger partial charge in [-0.15, -0.1) is 0 Å². The second-order valence-electron chi connectivity index (χ2n) is 7.08. The van der Waals surface area contributed by atoms with Crippen LogP contribution in [0.15, 0.2) is 73.2 Å². The molecule has 2 heterocycles. The zero-order valence-electron chi connectivity index (χ0n) is 16.6. The van der Waals surface area contributed by atoms with Crippen LogP contribution in [0.4, 0.5) is 0 Å². The first kappa shape index (κ1) is 19.4. The van der Waals surface area contributed by atoms with Crippen LogP contribution < -0.4 is 10.6 Å². The third-order valence-electron chi connectivity index (χ3n) is 5.01. The van der Waals surface area contributed by atoms with Gasteiger partial charge in [-0.2, -0.15) is 5.10 Å². The Kier molecular flexibility index (Phi) is 5.61. The van der Waals surface area contributed by atoms with Gasteiger partial charge >= 0.3 is 0 Å². The van der Waals surface area contributed by atoms with Crippen LogP contribution in [0, 0.1) is 0 Å². The largest absolute Gasteiger partial charge is 0.350 e. The van der Waals surface area contributed by atoms with Crippen molar-refractivity contribution in [1.29, 1.82) is 0 Å². The fourth-order valence-electron chi connectivity index (χ4n) is 3.32. The molecule has 2 amide bonds. The molecule has 0 fully saturated rings. The highest BCUT2D eigenvalue weighted by molar-refractivity contribution is 6.00. The first-order chi connectivity index (χ1) is 14.6. The van der Waals surface area contributed by atoms with Crippen LogP contribution >= 0.6 is 0 Å². The molecule has 7 nitrogen and oxygen atoms in total. The highest BCUT2D eigenvalue weighted by Gasteiger charge is 2.19. The maximum atomic E-state index is 12.7. The van der Waals surface area contributed by atoms with E-state index in [0.29, 0.717) is 18.5 Å². The predicted molar refractivity (Wildman–Crippen MR) is 115 cm³/mol. The molecule has 3 N–H and O–H groups in total. The van der Waals surface area contributed by atoms with Crippen LogP contribution in [-0.4, -0.2) is 32.6 Å². The molecule has 7 heteroatoms.